The van der Waals surface area contributed by atoms with E-state index in [-0.39, 0.29) is 45.8 Å². The van der Waals surface area contributed by atoms with Crippen molar-refractivity contribution in [3.8, 4) is 0 Å². The summed E-state index contributed by atoms with van der Waals surface area (Å²) in [4.78, 5) is 59.4. The smallest absolute Gasteiger partial charge is 0.869 e. The van der Waals surface area contributed by atoms with Crippen molar-refractivity contribution in [2.75, 3.05) is 0 Å². The maximum atomic E-state index is 12.2. The van der Waals surface area contributed by atoms with E-state index in [1.807, 2.05) is 0 Å². The van der Waals surface area contributed by atoms with Crippen LogP contribution in [0.3, 0.4) is 0 Å². The number of amidine groups is 1. The van der Waals surface area contributed by atoms with Gasteiger partial charge in [0.1, 0.15) is 4.76 Å². The zero-order chi connectivity index (χ0) is 56.3. The molecule has 0 N–H and O–H groups in total. The first-order chi connectivity index (χ1) is 30.0. The third-order valence-electron chi connectivity index (χ3n) is 6.95. The van der Waals surface area contributed by atoms with Crippen molar-refractivity contribution in [2.45, 2.75) is 88.2 Å². The fourth-order valence-electron chi connectivity index (χ4n) is 2.84. The largest absolute Gasteiger partial charge is 2.00 e. The van der Waals surface area contributed by atoms with Gasteiger partial charge in [-0.15, -0.1) is 4.74 Å². The Labute approximate surface area is 397 Å². The summed E-state index contributed by atoms with van der Waals surface area (Å²) in [6.45, 7) is 6.95. The number of hydrogen-bond donors (Lipinski definition) is 0. The second kappa shape index (κ2) is 26.2. The number of aromatic nitrogens is 2. The Kier molecular flexibility index (Phi) is 27.4. The molecular formula is C31H19F24Mn2N4O10-. The van der Waals surface area contributed by atoms with E-state index in [0.717, 1.165) is 0 Å². The molecule has 71 heavy (non-hydrogen) atoms. The van der Waals surface area contributed by atoms with Gasteiger partial charge in [-0.3, -0.25) is 19.2 Å². The van der Waals surface area contributed by atoms with Crippen molar-refractivity contribution in [1.82, 2.24) is 9.97 Å². The van der Waals surface area contributed by atoms with Crippen molar-refractivity contribution in [1.29, 1.82) is 0 Å². The van der Waals surface area contributed by atoms with Crippen LogP contribution in [0.1, 0.15) is 33.5 Å². The Hall–Kier alpha value is -5.65. The van der Waals surface area contributed by atoms with Crippen molar-refractivity contribution >= 4 is 29.0 Å². The van der Waals surface area contributed by atoms with Gasteiger partial charge in [0.2, 0.25) is 5.54 Å². The van der Waals surface area contributed by atoms with Crippen LogP contribution in [0, 0.1) is 10.1 Å². The monoisotopic (exact) mass is 1170 g/mol. The molecule has 0 saturated heterocycles. The van der Waals surface area contributed by atoms with Crippen LogP contribution >= 0.6 is 0 Å². The molecule has 0 spiro atoms. The SMILES string of the molecule is CC1(C)[N+](=O)C(c2ncccn2)=[N+]([O-])C1(C)C.O=C(/C=C(\[O-])C(F)(F)F)C(F)(F)F.O=C(/C=C(\[O-])C(F)(F)F)C(F)(F)F.O=C(/C=C(\[O-])C(F)(F)F)C(F)(F)F.O=C(/C=C(\[O-])C(F)(F)F)C(F)(F)F.[Mn+2].[Mn]. The van der Waals surface area contributed by atoms with E-state index in [1.54, 1.807) is 33.8 Å². The Morgan fingerprint density at radius 3 is 0.789 bits per heavy atom. The van der Waals surface area contributed by atoms with Gasteiger partial charge in [0.25, 0.3) is 28.7 Å². The van der Waals surface area contributed by atoms with Gasteiger partial charge >= 0.3 is 78.1 Å². The average Bonchev–Trinajstić information content (AvgIpc) is 3.24. The molecule has 1 aliphatic heterocycles. The maximum absolute atomic E-state index is 12.2. The predicted molar refractivity (Wildman–Crippen MR) is 162 cm³/mol. The van der Waals surface area contributed by atoms with E-state index in [2.05, 4.69) is 9.97 Å². The second-order valence-corrected chi connectivity index (χ2v) is 12.6. The van der Waals surface area contributed by atoms with Gasteiger partial charge in [-0.1, -0.05) is 0 Å². The Morgan fingerprint density at radius 2 is 0.648 bits per heavy atom. The molecule has 1 aliphatic rings. The van der Waals surface area contributed by atoms with Gasteiger partial charge in [0.15, 0.2) is 0 Å². The summed E-state index contributed by atoms with van der Waals surface area (Å²) in [6, 6.07) is 1.64. The normalized spacial score (nSPS) is 15.9. The molecule has 40 heteroatoms. The van der Waals surface area contributed by atoms with E-state index in [9.17, 15) is 155 Å². The minimum atomic E-state index is -5.46. The van der Waals surface area contributed by atoms with Crippen LogP contribution in [0.2, 0.25) is 0 Å². The summed E-state index contributed by atoms with van der Waals surface area (Å²) in [5.74, 6) is -22.5. The number of rotatable bonds is 5. The van der Waals surface area contributed by atoms with E-state index < -0.39 is 131 Å². The van der Waals surface area contributed by atoms with Crippen molar-refractivity contribution in [3.63, 3.8) is 0 Å². The van der Waals surface area contributed by atoms with Crippen LogP contribution in [0.15, 0.2) is 65.8 Å². The molecular weight excluding hydrogens is 1150 g/mol. The first kappa shape index (κ1) is 74.3. The minimum Gasteiger partial charge on any atom is -0.869 e. The number of carbonyl (C=O) groups is 4. The summed E-state index contributed by atoms with van der Waals surface area (Å²) in [6.07, 6.45) is -44.8. The van der Waals surface area contributed by atoms with Crippen LogP contribution in [0.25, 0.3) is 0 Å². The fourth-order valence-corrected chi connectivity index (χ4v) is 2.84. The Balaban J connectivity index is -0.000000255. The summed E-state index contributed by atoms with van der Waals surface area (Å²) >= 11 is 0. The quantitative estimate of drug-likeness (QED) is 0.0969. The van der Waals surface area contributed by atoms with E-state index >= 15 is 0 Å². The van der Waals surface area contributed by atoms with Crippen LogP contribution in [0.4, 0.5) is 105 Å². The molecule has 1 aromatic rings. The van der Waals surface area contributed by atoms with Crippen LogP contribution in [0.5, 0.6) is 0 Å². The number of hydrogen-bond acceptors (Lipinski definition) is 12. The van der Waals surface area contributed by atoms with E-state index in [4.69, 9.17) is 0 Å². The van der Waals surface area contributed by atoms with Crippen molar-refractivity contribution < 1.29 is 189 Å². The third-order valence-corrected chi connectivity index (χ3v) is 6.95. The number of allylic oxidation sites excluding steroid dienone is 8. The topological polar surface area (TPSA) is 232 Å². The van der Waals surface area contributed by atoms with E-state index in [0.29, 0.717) is 9.50 Å². The summed E-state index contributed by atoms with van der Waals surface area (Å²) in [5.41, 5.74) is -1.66. The zero-order valence-electron chi connectivity index (χ0n) is 33.7. The van der Waals surface area contributed by atoms with Crippen LogP contribution < -0.4 is 20.4 Å². The number of nitrogens with zero attached hydrogens (tertiary/aromatic N) is 4. The molecule has 0 amide bonds. The summed E-state index contributed by atoms with van der Waals surface area (Å²) in [7, 11) is 0. The van der Waals surface area contributed by atoms with Gasteiger partial charge < -0.3 is 25.6 Å². The number of nitroso groups, excluding NO2 is 1. The first-order valence-corrected chi connectivity index (χ1v) is 15.9. The molecule has 0 saturated carbocycles. The average molecular weight is 1170 g/mol. The zero-order valence-corrected chi connectivity index (χ0v) is 36.1. The third kappa shape index (κ3) is 25.3. The molecule has 0 fully saturated rings. The Morgan fingerprint density at radius 1 is 0.451 bits per heavy atom. The van der Waals surface area contributed by atoms with Crippen LogP contribution in [-0.4, -0.2) is 109 Å². The number of alkyl halides is 24. The van der Waals surface area contributed by atoms with Crippen molar-refractivity contribution in [3.05, 3.63) is 81.7 Å². The molecule has 0 atom stereocenters. The van der Waals surface area contributed by atoms with E-state index in [1.165, 1.54) is 12.4 Å². The standard InChI is InChI=1S/C11H15N4O2.4C5H2F6O2.2Mn/c1-10(2)11(3,4)15(17)9(14(10)16)8-12-6-5-7-13-8;4*6-4(7,8)2(12)1-3(13)5(9,10)11;;/h5-7H,1-4H3;4*1,12H;;/q+1;;;;;;+2/p-4/b;4*2-1-;;. The number of hydroxylamine groups is 1. The van der Waals surface area contributed by atoms with Gasteiger partial charge in [-0.25, -0.2) is 9.97 Å². The molecule has 2 rings (SSSR count). The Bertz CT molecular complexity index is 1960. The fraction of sp³-hybridized carbons (Fsp3) is 0.452. The maximum Gasteiger partial charge on any atom is 2.00 e. The number of ketones is 4. The van der Waals surface area contributed by atoms with Gasteiger partial charge in [0, 0.05) is 62.1 Å². The molecule has 0 aliphatic carbocycles. The molecule has 0 unspecified atom stereocenters. The first-order valence-electron chi connectivity index (χ1n) is 15.9. The van der Waals surface area contributed by atoms with Crippen LogP contribution in [-0.2, 0) is 53.3 Å². The summed E-state index contributed by atoms with van der Waals surface area (Å²) in [5, 5.41) is 51.5. The molecule has 14 nitrogen and oxygen atoms in total. The summed E-state index contributed by atoms with van der Waals surface area (Å²) < 4.78 is 273. The molecule has 1 aromatic heterocycles. The molecule has 406 valence electrons. The minimum absolute atomic E-state index is 0. The molecule has 0 aromatic carbocycles. The second-order valence-electron chi connectivity index (χ2n) is 12.6. The molecule has 0 bridgehead atoms. The van der Waals surface area contributed by atoms with Gasteiger partial charge in [0.05, 0.1) is 0 Å². The number of halogens is 24. The molecule has 2 radical (unpaired) electrons. The molecule has 2 heterocycles. The van der Waals surface area contributed by atoms with Crippen molar-refractivity contribution in [2.24, 2.45) is 0 Å². The predicted octanol–water partition coefficient (Wildman–Crippen LogP) is 4.78. The number of carbonyl (C=O) groups excluding carboxylic acids is 4. The van der Waals surface area contributed by atoms with Gasteiger partial charge in [-0.2, -0.15) is 105 Å². The van der Waals surface area contributed by atoms with Gasteiger partial charge in [-0.05, 0) is 53.4 Å².